The van der Waals surface area contributed by atoms with Crippen LogP contribution in [-0.4, -0.2) is 27.2 Å². The molecule has 17 heavy (non-hydrogen) atoms. The average Bonchev–Trinajstić information content (AvgIpc) is 2.67. The third kappa shape index (κ3) is 2.87. The van der Waals surface area contributed by atoms with Crippen LogP contribution in [0.4, 0.5) is 5.95 Å². The Hall–Kier alpha value is -1.33. The molecule has 1 atom stereocenters. The number of nitrogens with one attached hydrogen (secondary N) is 1. The SMILES string of the molecule is CC(C)C(N)CNc1nc2ccc(Cl)cn2n1. The first kappa shape index (κ1) is 12.1. The van der Waals surface area contributed by atoms with Gasteiger partial charge in [-0.2, -0.15) is 4.98 Å². The minimum atomic E-state index is 0.0881. The van der Waals surface area contributed by atoms with Crippen LogP contribution in [0, 0.1) is 5.92 Å². The van der Waals surface area contributed by atoms with Gasteiger partial charge < -0.3 is 11.1 Å². The molecule has 0 saturated carbocycles. The second kappa shape index (κ2) is 4.89. The first-order valence-corrected chi connectivity index (χ1v) is 5.95. The van der Waals surface area contributed by atoms with Gasteiger partial charge in [-0.15, -0.1) is 5.10 Å². The highest BCUT2D eigenvalue weighted by Gasteiger charge is 2.09. The van der Waals surface area contributed by atoms with Crippen LogP contribution in [-0.2, 0) is 0 Å². The lowest BCUT2D eigenvalue weighted by molar-refractivity contribution is 0.510. The van der Waals surface area contributed by atoms with Gasteiger partial charge >= 0.3 is 0 Å². The molecule has 2 aromatic heterocycles. The summed E-state index contributed by atoms with van der Waals surface area (Å²) in [6.45, 7) is 4.83. The van der Waals surface area contributed by atoms with E-state index in [1.54, 1.807) is 16.8 Å². The van der Waals surface area contributed by atoms with Gasteiger partial charge in [0.2, 0.25) is 5.95 Å². The molecule has 0 saturated heterocycles. The topological polar surface area (TPSA) is 68.2 Å². The fourth-order valence-corrected chi connectivity index (χ4v) is 1.53. The largest absolute Gasteiger partial charge is 0.351 e. The molecule has 2 heterocycles. The number of rotatable bonds is 4. The highest BCUT2D eigenvalue weighted by atomic mass is 35.5. The zero-order valence-electron chi connectivity index (χ0n) is 9.89. The summed E-state index contributed by atoms with van der Waals surface area (Å²) in [5.41, 5.74) is 6.70. The van der Waals surface area contributed by atoms with E-state index in [-0.39, 0.29) is 6.04 Å². The molecule has 0 aliphatic rings. The van der Waals surface area contributed by atoms with Crippen LogP contribution >= 0.6 is 11.6 Å². The monoisotopic (exact) mass is 253 g/mol. The van der Waals surface area contributed by atoms with Crippen molar-refractivity contribution in [3.8, 4) is 0 Å². The Kier molecular flexibility index (Phi) is 3.49. The van der Waals surface area contributed by atoms with Crippen molar-refractivity contribution in [2.75, 3.05) is 11.9 Å². The molecule has 92 valence electrons. The van der Waals surface area contributed by atoms with Gasteiger partial charge in [-0.25, -0.2) is 4.52 Å². The van der Waals surface area contributed by atoms with E-state index in [2.05, 4.69) is 29.2 Å². The van der Waals surface area contributed by atoms with Crippen molar-refractivity contribution in [1.82, 2.24) is 14.6 Å². The van der Waals surface area contributed by atoms with Gasteiger partial charge in [0, 0.05) is 18.8 Å². The molecule has 2 aromatic rings. The normalized spacial score (nSPS) is 13.2. The number of nitrogens with zero attached hydrogens (tertiary/aromatic N) is 3. The van der Waals surface area contributed by atoms with E-state index in [1.807, 2.05) is 6.07 Å². The van der Waals surface area contributed by atoms with Gasteiger partial charge in [-0.05, 0) is 18.1 Å². The van der Waals surface area contributed by atoms with Crippen molar-refractivity contribution in [3.63, 3.8) is 0 Å². The summed E-state index contributed by atoms with van der Waals surface area (Å²) in [6, 6.07) is 3.70. The van der Waals surface area contributed by atoms with Crippen LogP contribution in [0.25, 0.3) is 5.65 Å². The second-order valence-corrected chi connectivity index (χ2v) is 4.81. The Labute approximate surface area is 105 Å². The first-order chi connectivity index (χ1) is 8.06. The van der Waals surface area contributed by atoms with E-state index in [9.17, 15) is 0 Å². The van der Waals surface area contributed by atoms with Gasteiger partial charge in [0.1, 0.15) is 0 Å². The number of hydrogen-bond acceptors (Lipinski definition) is 4. The molecule has 6 heteroatoms. The lowest BCUT2D eigenvalue weighted by Crippen LogP contribution is -2.34. The summed E-state index contributed by atoms with van der Waals surface area (Å²) < 4.78 is 1.64. The second-order valence-electron chi connectivity index (χ2n) is 4.37. The predicted octanol–water partition coefficient (Wildman–Crippen LogP) is 1.78. The molecule has 0 aliphatic heterocycles. The molecule has 0 aromatic carbocycles. The zero-order valence-corrected chi connectivity index (χ0v) is 10.6. The van der Waals surface area contributed by atoms with E-state index in [0.29, 0.717) is 23.4 Å². The predicted molar refractivity (Wildman–Crippen MR) is 69.3 cm³/mol. The van der Waals surface area contributed by atoms with Crippen molar-refractivity contribution in [3.05, 3.63) is 23.4 Å². The van der Waals surface area contributed by atoms with Crippen LogP contribution in [0.2, 0.25) is 5.02 Å². The molecule has 0 fully saturated rings. The average molecular weight is 254 g/mol. The molecule has 1 unspecified atom stereocenters. The van der Waals surface area contributed by atoms with E-state index in [1.165, 1.54) is 0 Å². The number of hydrogen-bond donors (Lipinski definition) is 2. The Morgan fingerprint density at radius 3 is 2.94 bits per heavy atom. The lowest BCUT2D eigenvalue weighted by atomic mass is 10.1. The quantitative estimate of drug-likeness (QED) is 0.872. The van der Waals surface area contributed by atoms with Crippen molar-refractivity contribution in [2.45, 2.75) is 19.9 Å². The van der Waals surface area contributed by atoms with Crippen molar-refractivity contribution in [2.24, 2.45) is 11.7 Å². The Balaban J connectivity index is 2.09. The Morgan fingerprint density at radius 2 is 2.24 bits per heavy atom. The molecule has 0 radical (unpaired) electrons. The van der Waals surface area contributed by atoms with E-state index >= 15 is 0 Å². The first-order valence-electron chi connectivity index (χ1n) is 5.57. The molecule has 5 nitrogen and oxygen atoms in total. The molecule has 0 amide bonds. The van der Waals surface area contributed by atoms with Crippen LogP contribution in [0.5, 0.6) is 0 Å². The number of fused-ring (bicyclic) bond motifs is 1. The summed E-state index contributed by atoms with van der Waals surface area (Å²) in [7, 11) is 0. The van der Waals surface area contributed by atoms with Gasteiger partial charge in [0.25, 0.3) is 0 Å². The third-order valence-electron chi connectivity index (χ3n) is 2.65. The van der Waals surface area contributed by atoms with Crippen LogP contribution in [0.15, 0.2) is 18.3 Å². The number of aromatic nitrogens is 3. The number of nitrogens with two attached hydrogens (primary N) is 1. The van der Waals surface area contributed by atoms with Crippen LogP contribution in [0.3, 0.4) is 0 Å². The lowest BCUT2D eigenvalue weighted by Gasteiger charge is -2.14. The maximum absolute atomic E-state index is 5.94. The zero-order chi connectivity index (χ0) is 12.4. The van der Waals surface area contributed by atoms with Crippen molar-refractivity contribution < 1.29 is 0 Å². The standard InChI is InChI=1S/C11H16ClN5/c1-7(2)9(13)5-14-11-15-10-4-3-8(12)6-17(10)16-11/h3-4,6-7,9H,5,13H2,1-2H3,(H,14,16). The van der Waals surface area contributed by atoms with E-state index in [4.69, 9.17) is 17.3 Å². The highest BCUT2D eigenvalue weighted by Crippen LogP contribution is 2.11. The molecule has 0 aliphatic carbocycles. The summed E-state index contributed by atoms with van der Waals surface area (Å²) in [6.07, 6.45) is 1.72. The fraction of sp³-hybridized carbons (Fsp3) is 0.455. The van der Waals surface area contributed by atoms with Gasteiger partial charge in [-0.3, -0.25) is 0 Å². The highest BCUT2D eigenvalue weighted by molar-refractivity contribution is 6.30. The minimum Gasteiger partial charge on any atom is -0.351 e. The van der Waals surface area contributed by atoms with Crippen molar-refractivity contribution >= 4 is 23.2 Å². The minimum absolute atomic E-state index is 0.0881. The molecular formula is C11H16ClN5. The number of pyridine rings is 1. The fourth-order valence-electron chi connectivity index (χ4n) is 1.38. The van der Waals surface area contributed by atoms with Crippen LogP contribution in [0.1, 0.15) is 13.8 Å². The van der Waals surface area contributed by atoms with Crippen molar-refractivity contribution in [1.29, 1.82) is 0 Å². The summed E-state index contributed by atoms with van der Waals surface area (Å²) in [5.74, 6) is 0.998. The molecular weight excluding hydrogens is 238 g/mol. The smallest absolute Gasteiger partial charge is 0.243 e. The molecule has 3 N–H and O–H groups in total. The molecule has 2 rings (SSSR count). The maximum atomic E-state index is 5.94. The maximum Gasteiger partial charge on any atom is 0.243 e. The number of halogens is 1. The molecule has 0 bridgehead atoms. The van der Waals surface area contributed by atoms with Crippen LogP contribution < -0.4 is 11.1 Å². The summed E-state index contributed by atoms with van der Waals surface area (Å²) >= 11 is 5.87. The molecule has 0 spiro atoms. The van der Waals surface area contributed by atoms with Gasteiger partial charge in [0.15, 0.2) is 5.65 Å². The third-order valence-corrected chi connectivity index (χ3v) is 2.87. The summed E-state index contributed by atoms with van der Waals surface area (Å²) in [5, 5.41) is 8.02. The van der Waals surface area contributed by atoms with Gasteiger partial charge in [-0.1, -0.05) is 25.4 Å². The Bertz CT molecular complexity index is 508. The van der Waals surface area contributed by atoms with E-state index in [0.717, 1.165) is 5.65 Å². The number of anilines is 1. The van der Waals surface area contributed by atoms with Gasteiger partial charge in [0.05, 0.1) is 5.02 Å². The summed E-state index contributed by atoms with van der Waals surface area (Å²) in [4.78, 5) is 4.31. The van der Waals surface area contributed by atoms with E-state index < -0.39 is 0 Å². The Morgan fingerprint density at radius 1 is 1.47 bits per heavy atom.